The summed E-state index contributed by atoms with van der Waals surface area (Å²) in [5.41, 5.74) is 3.21. The number of carbonyl (C=O) groups is 4. The third-order valence-corrected chi connectivity index (χ3v) is 11.8. The number of anilines is 1. The number of fused-ring (bicyclic) bond motifs is 1. The number of aliphatic carboxylic acids is 1. The van der Waals surface area contributed by atoms with Crippen LogP contribution in [0.1, 0.15) is 37.8 Å². The molecule has 17 nitrogen and oxygen atoms in total. The molecule has 0 aliphatic carbocycles. The lowest BCUT2D eigenvalue weighted by molar-refractivity contribution is -0.193. The smallest absolute Gasteiger partial charge is 0.325 e. The number of ether oxygens (including phenoxy) is 2. The molecule has 1 atom stereocenters. The molecule has 388 valence electrons. The fraction of sp³-hybridized carbons (Fsp3) is 0.488. The molecule has 1 aliphatic rings. The Labute approximate surface area is 434 Å². The van der Waals surface area contributed by atoms with Gasteiger partial charge in [-0.15, -0.1) is 36.5 Å². The van der Waals surface area contributed by atoms with Crippen molar-refractivity contribution in [2.24, 2.45) is 4.99 Å². The lowest BCUT2D eigenvalue weighted by Gasteiger charge is -2.25. The highest BCUT2D eigenvalue weighted by Crippen LogP contribution is 2.33. The number of para-hydroxylation sites is 1. The number of methoxy groups -OCH3 is 1. The van der Waals surface area contributed by atoms with Crippen LogP contribution < -0.4 is 24.8 Å². The zero-order chi connectivity index (χ0) is 52.9. The Balaban J connectivity index is 0.000000924. The third-order valence-electron chi connectivity index (χ3n) is 8.28. The van der Waals surface area contributed by atoms with Gasteiger partial charge in [-0.25, -0.2) is 14.1 Å². The average Bonchev–Trinajstić information content (AvgIpc) is 3.60. The Hall–Kier alpha value is -3.18. The van der Waals surface area contributed by atoms with Crippen molar-refractivity contribution in [2.75, 3.05) is 81.7 Å². The van der Waals surface area contributed by atoms with Gasteiger partial charge in [0.1, 0.15) is 31.7 Å². The van der Waals surface area contributed by atoms with Crippen LogP contribution in [0.3, 0.4) is 0 Å². The lowest BCUT2D eigenvalue weighted by atomic mass is 10.0. The normalized spacial score (nSPS) is 12.5. The van der Waals surface area contributed by atoms with Gasteiger partial charge in [0.2, 0.25) is 10.7 Å². The van der Waals surface area contributed by atoms with E-state index >= 15 is 0 Å². The van der Waals surface area contributed by atoms with Crippen LogP contribution in [0.5, 0.6) is 0 Å². The SMILES string of the molecule is C=CCN(CC=C)C(=O)C(Cl)Cl.CCOCN(C(=O)CCl)c1c(C)cccc1CC.COC(=O)CSc1cc(N=c2sc(=O)n3n2CCCC3)c(F)cc1Cl.C[S+](C)C.O=C(O)CNCP(=O)([O-])O. The van der Waals surface area contributed by atoms with Crippen LogP contribution in [-0.2, 0) is 63.6 Å². The van der Waals surface area contributed by atoms with Crippen molar-refractivity contribution in [2.45, 2.75) is 62.9 Å². The summed E-state index contributed by atoms with van der Waals surface area (Å²) in [5, 5.41) is 10.2. The number of thioether (sulfide) groups is 1. The van der Waals surface area contributed by atoms with Crippen LogP contribution in [0.2, 0.25) is 5.02 Å². The number of benzene rings is 2. The van der Waals surface area contributed by atoms with Crippen molar-refractivity contribution < 1.29 is 52.5 Å². The molecule has 0 bridgehead atoms. The molecule has 3 aromatic rings. The summed E-state index contributed by atoms with van der Waals surface area (Å²) in [6, 6.07) is 8.67. The summed E-state index contributed by atoms with van der Waals surface area (Å²) >= 11 is 24.6. The van der Waals surface area contributed by atoms with Gasteiger partial charge < -0.3 is 33.8 Å². The van der Waals surface area contributed by atoms with E-state index in [1.54, 1.807) is 26.4 Å². The van der Waals surface area contributed by atoms with Gasteiger partial charge in [-0.2, -0.15) is 0 Å². The van der Waals surface area contributed by atoms with E-state index in [-0.39, 0.29) is 45.8 Å². The van der Waals surface area contributed by atoms with Gasteiger partial charge in [-0.05, 0) is 78.6 Å². The first kappa shape index (κ1) is 65.8. The molecule has 0 fully saturated rings. The fourth-order valence-corrected chi connectivity index (χ4v) is 8.15. The van der Waals surface area contributed by atoms with Crippen molar-refractivity contribution in [1.82, 2.24) is 19.6 Å². The predicted molar refractivity (Wildman–Crippen MR) is 278 cm³/mol. The standard InChI is InChI=1S/C15H15ClFN3O3S2.C14H20ClNO2.C8H11Cl2NO.C3H8NO5P.C3H9S/c1-23-13(21)8-24-12-7-11(10(17)6-9(12)16)18-14-19-4-2-3-5-20(19)15(22)25-14;1-4-12-8-6-7-11(3)14(12)16(10-18-5-2)13(17)9-15;1-3-5-11(6-4-2)8(12)7(9)10;5-3(6)1-4-2-10(7,8)9;1-4(2)3/h6-7H,2-5,8H2,1H3;6-8H,4-5,9-10H2,1-3H3;3-4,7H,1-2,5-6H2;4H,1-2H2,(H,5,6)(H2,7,8,9);1-3H3/q;;;;+1/p-1. The molecule has 3 N–H and O–H groups in total. The van der Waals surface area contributed by atoms with E-state index in [9.17, 15) is 37.8 Å². The molecule has 0 spiro atoms. The highest BCUT2D eigenvalue weighted by atomic mass is 35.5. The van der Waals surface area contributed by atoms with Gasteiger partial charge in [0.25, 0.3) is 5.91 Å². The minimum Gasteiger partial charge on any atom is -0.778 e. The highest BCUT2D eigenvalue weighted by Gasteiger charge is 2.20. The van der Waals surface area contributed by atoms with Crippen LogP contribution >= 0.6 is 77.1 Å². The highest BCUT2D eigenvalue weighted by molar-refractivity contribution is 8.00. The molecule has 2 amide bonds. The molecule has 0 saturated carbocycles. The van der Waals surface area contributed by atoms with Crippen molar-refractivity contribution in [3.8, 4) is 0 Å². The number of carboxylic acid groups (broad SMARTS) is 1. The number of hydrogen-bond acceptors (Lipinski definition) is 13. The van der Waals surface area contributed by atoms with Gasteiger partial charge in [-0.1, -0.05) is 72.1 Å². The van der Waals surface area contributed by atoms with Crippen molar-refractivity contribution in [1.29, 1.82) is 0 Å². The number of rotatable bonds is 19. The number of nitrogens with one attached hydrogen (secondary N) is 1. The van der Waals surface area contributed by atoms with E-state index in [1.165, 1.54) is 18.1 Å². The van der Waals surface area contributed by atoms with E-state index in [2.05, 4.69) is 48.6 Å². The van der Waals surface area contributed by atoms with Crippen molar-refractivity contribution in [3.05, 3.63) is 92.1 Å². The number of carboxylic acids is 1. The molecule has 1 aliphatic heterocycles. The molecule has 69 heavy (non-hydrogen) atoms. The predicted octanol–water partition coefficient (Wildman–Crippen LogP) is 6.57. The number of aromatic nitrogens is 2. The van der Waals surface area contributed by atoms with Gasteiger partial charge in [0.05, 0.1) is 55.2 Å². The van der Waals surface area contributed by atoms with E-state index in [4.69, 9.17) is 61.1 Å². The van der Waals surface area contributed by atoms with Crippen LogP contribution in [-0.4, -0.2) is 130 Å². The van der Waals surface area contributed by atoms with Crippen molar-refractivity contribution >= 4 is 123 Å². The minimum atomic E-state index is -4.35. The van der Waals surface area contributed by atoms with Gasteiger partial charge in [0.15, 0.2) is 4.84 Å². The quantitative estimate of drug-likeness (QED) is 0.0220. The second-order valence-electron chi connectivity index (χ2n) is 14.3. The topological polar surface area (TPSA) is 225 Å². The number of alkyl halides is 3. The molecule has 1 unspecified atom stereocenters. The first-order valence-corrected chi connectivity index (χ1v) is 28.5. The number of esters is 1. The molecule has 26 heteroatoms. The summed E-state index contributed by atoms with van der Waals surface area (Å²) in [6.45, 7) is 15.5. The first-order valence-electron chi connectivity index (χ1n) is 20.7. The maximum absolute atomic E-state index is 14.3. The van der Waals surface area contributed by atoms with E-state index < -0.39 is 43.0 Å². The molecule has 1 aromatic heterocycles. The molecule has 2 aromatic carbocycles. The Bertz CT molecular complexity index is 2280. The van der Waals surface area contributed by atoms with Crippen LogP contribution in [0.15, 0.2) is 70.3 Å². The van der Waals surface area contributed by atoms with Crippen molar-refractivity contribution in [3.63, 3.8) is 0 Å². The molecule has 0 radical (unpaired) electrons. The summed E-state index contributed by atoms with van der Waals surface area (Å²) in [5.74, 6) is -2.58. The Kier molecular flexibility index (Phi) is 34.2. The van der Waals surface area contributed by atoms with E-state index in [0.29, 0.717) is 53.4 Å². The number of nitrogens with zero attached hydrogens (tertiary/aromatic N) is 5. The van der Waals surface area contributed by atoms with Gasteiger partial charge in [0, 0.05) is 37.7 Å². The zero-order valence-electron chi connectivity index (χ0n) is 39.6. The minimum absolute atomic E-state index is 0.0371. The first-order chi connectivity index (χ1) is 32.4. The number of aryl methyl sites for hydroxylation is 2. The van der Waals surface area contributed by atoms with Crippen LogP contribution in [0.25, 0.3) is 0 Å². The van der Waals surface area contributed by atoms with Crippen LogP contribution in [0, 0.1) is 12.7 Å². The molecule has 2 heterocycles. The second kappa shape index (κ2) is 35.8. The molecular weight excluding hydrogens is 1060 g/mol. The largest absolute Gasteiger partial charge is 0.778 e. The Morgan fingerprint density at radius 2 is 1.71 bits per heavy atom. The molecular formula is C43H62Cl4FN6O11PS3. The van der Waals surface area contributed by atoms with E-state index in [0.717, 1.165) is 65.2 Å². The van der Waals surface area contributed by atoms with E-state index in [1.807, 2.05) is 37.4 Å². The number of hydrogen-bond donors (Lipinski definition) is 3. The zero-order valence-corrected chi connectivity index (χ0v) is 46.0. The second-order valence-corrected chi connectivity index (χ2v) is 22.0. The maximum atomic E-state index is 14.3. The van der Waals surface area contributed by atoms with Crippen LogP contribution in [0.4, 0.5) is 15.8 Å². The summed E-state index contributed by atoms with van der Waals surface area (Å²) < 4.78 is 37.6. The maximum Gasteiger partial charge on any atom is 0.325 e. The molecule has 0 saturated heterocycles. The Morgan fingerprint density at radius 3 is 2.20 bits per heavy atom. The summed E-state index contributed by atoms with van der Waals surface area (Å²) in [6.07, 6.45) is 11.9. The lowest BCUT2D eigenvalue weighted by Crippen LogP contribution is -2.35. The monoisotopic (exact) mass is 1120 g/mol. The van der Waals surface area contributed by atoms with Gasteiger partial charge >= 0.3 is 16.8 Å². The molecule has 4 rings (SSSR count). The van der Waals surface area contributed by atoms with Gasteiger partial charge in [-0.3, -0.25) is 38.9 Å². The summed E-state index contributed by atoms with van der Waals surface area (Å²) in [7, 11) is -2.41. The number of halogens is 5. The third kappa shape index (κ3) is 26.7. The summed E-state index contributed by atoms with van der Waals surface area (Å²) in [4.78, 5) is 81.5. The fourth-order valence-electron chi connectivity index (χ4n) is 5.35. The number of amides is 2. The number of carbonyl (C=O) groups excluding carboxylic acids is 3. The average molecular weight is 1130 g/mol. The Morgan fingerprint density at radius 1 is 1.12 bits per heavy atom.